The van der Waals surface area contributed by atoms with Crippen LogP contribution in [0.15, 0.2) is 46.9 Å². The molecular formula is C15H12BrClN2. The first-order chi connectivity index (χ1) is 9.20. The predicted molar refractivity (Wildman–Crippen MR) is 83.1 cm³/mol. The minimum absolute atomic E-state index is 0.393. The van der Waals surface area contributed by atoms with Gasteiger partial charge in [0, 0.05) is 10.2 Å². The number of hydrogen-bond donors (Lipinski definition) is 0. The van der Waals surface area contributed by atoms with Crippen LogP contribution in [-0.2, 0) is 5.88 Å². The van der Waals surface area contributed by atoms with E-state index in [4.69, 9.17) is 11.6 Å². The lowest BCUT2D eigenvalue weighted by atomic mass is 10.2. The fraction of sp³-hybridized carbons (Fsp3) is 0.133. The smallest absolute Gasteiger partial charge is 0.129 e. The lowest BCUT2D eigenvalue weighted by Gasteiger charge is -2.08. The molecule has 0 atom stereocenters. The van der Waals surface area contributed by atoms with Gasteiger partial charge in [0.05, 0.1) is 16.9 Å². The van der Waals surface area contributed by atoms with Crippen LogP contribution in [-0.4, -0.2) is 9.55 Å². The van der Waals surface area contributed by atoms with Crippen molar-refractivity contribution in [2.75, 3.05) is 0 Å². The summed E-state index contributed by atoms with van der Waals surface area (Å²) in [5.41, 5.74) is 4.35. The highest BCUT2D eigenvalue weighted by molar-refractivity contribution is 9.10. The Labute approximate surface area is 125 Å². The molecule has 2 aromatic carbocycles. The van der Waals surface area contributed by atoms with Gasteiger partial charge in [-0.05, 0) is 42.8 Å². The van der Waals surface area contributed by atoms with Gasteiger partial charge < -0.3 is 0 Å². The lowest BCUT2D eigenvalue weighted by Crippen LogP contribution is -1.98. The number of alkyl halides is 1. The number of benzene rings is 2. The number of rotatable bonds is 2. The van der Waals surface area contributed by atoms with E-state index in [1.165, 1.54) is 5.56 Å². The molecule has 19 heavy (non-hydrogen) atoms. The average molecular weight is 336 g/mol. The number of aryl methyl sites for hydroxylation is 1. The highest BCUT2D eigenvalue weighted by Gasteiger charge is 2.12. The topological polar surface area (TPSA) is 17.8 Å². The highest BCUT2D eigenvalue weighted by atomic mass is 79.9. The van der Waals surface area contributed by atoms with Crippen molar-refractivity contribution >= 4 is 38.6 Å². The molecule has 4 heteroatoms. The molecule has 1 aromatic heterocycles. The van der Waals surface area contributed by atoms with Crippen LogP contribution in [0.3, 0.4) is 0 Å². The van der Waals surface area contributed by atoms with Gasteiger partial charge in [-0.2, -0.15) is 0 Å². The third-order valence-electron chi connectivity index (χ3n) is 3.16. The molecule has 0 amide bonds. The van der Waals surface area contributed by atoms with Crippen LogP contribution >= 0.6 is 27.5 Å². The van der Waals surface area contributed by atoms with E-state index in [9.17, 15) is 0 Å². The maximum atomic E-state index is 6.04. The number of halogens is 2. The quantitative estimate of drug-likeness (QED) is 0.613. The Morgan fingerprint density at radius 1 is 1.16 bits per heavy atom. The van der Waals surface area contributed by atoms with Gasteiger partial charge in [-0.15, -0.1) is 11.6 Å². The van der Waals surface area contributed by atoms with E-state index in [1.807, 2.05) is 18.2 Å². The third kappa shape index (κ3) is 2.17. The molecule has 0 saturated heterocycles. The van der Waals surface area contributed by atoms with E-state index in [0.29, 0.717) is 5.88 Å². The van der Waals surface area contributed by atoms with Crippen molar-refractivity contribution in [3.05, 3.63) is 58.3 Å². The number of nitrogens with zero attached hydrogens (tertiary/aromatic N) is 2. The van der Waals surface area contributed by atoms with Gasteiger partial charge in [-0.25, -0.2) is 4.98 Å². The summed E-state index contributed by atoms with van der Waals surface area (Å²) in [5.74, 6) is 1.26. The van der Waals surface area contributed by atoms with E-state index in [0.717, 1.165) is 27.0 Å². The molecule has 1 heterocycles. The first-order valence-electron chi connectivity index (χ1n) is 5.99. The summed E-state index contributed by atoms with van der Waals surface area (Å²) in [6.45, 7) is 2.07. The second-order valence-corrected chi connectivity index (χ2v) is 5.60. The first kappa shape index (κ1) is 12.7. The average Bonchev–Trinajstić information content (AvgIpc) is 2.80. The highest BCUT2D eigenvalue weighted by Crippen LogP contribution is 2.25. The molecule has 3 aromatic rings. The molecule has 96 valence electrons. The number of para-hydroxylation sites is 1. The molecule has 0 aliphatic carbocycles. The van der Waals surface area contributed by atoms with Gasteiger partial charge >= 0.3 is 0 Å². The Morgan fingerprint density at radius 3 is 2.58 bits per heavy atom. The molecule has 0 N–H and O–H groups in total. The lowest BCUT2D eigenvalue weighted by molar-refractivity contribution is 0.981. The van der Waals surface area contributed by atoms with Crippen LogP contribution in [0.1, 0.15) is 11.4 Å². The van der Waals surface area contributed by atoms with Gasteiger partial charge in [0.1, 0.15) is 5.82 Å². The Morgan fingerprint density at radius 2 is 1.89 bits per heavy atom. The Bertz CT molecular complexity index is 732. The van der Waals surface area contributed by atoms with Gasteiger partial charge in [-0.3, -0.25) is 4.57 Å². The Kier molecular flexibility index (Phi) is 3.33. The van der Waals surface area contributed by atoms with E-state index in [-0.39, 0.29) is 0 Å². The molecule has 0 saturated carbocycles. The van der Waals surface area contributed by atoms with Crippen LogP contribution in [0, 0.1) is 6.92 Å². The molecule has 3 rings (SSSR count). The predicted octanol–water partition coefficient (Wildman–Crippen LogP) is 4.84. The van der Waals surface area contributed by atoms with Crippen molar-refractivity contribution in [2.45, 2.75) is 12.8 Å². The van der Waals surface area contributed by atoms with Gasteiger partial charge in [0.15, 0.2) is 0 Å². The van der Waals surface area contributed by atoms with Crippen LogP contribution in [0.4, 0.5) is 0 Å². The molecule has 0 aliphatic rings. The van der Waals surface area contributed by atoms with Crippen LogP contribution < -0.4 is 0 Å². The summed E-state index contributed by atoms with van der Waals surface area (Å²) in [7, 11) is 0. The van der Waals surface area contributed by atoms with E-state index >= 15 is 0 Å². The van der Waals surface area contributed by atoms with E-state index < -0.39 is 0 Å². The second-order valence-electron chi connectivity index (χ2n) is 4.42. The van der Waals surface area contributed by atoms with Crippen molar-refractivity contribution in [1.29, 1.82) is 0 Å². The second kappa shape index (κ2) is 4.99. The normalized spacial score (nSPS) is 11.1. The van der Waals surface area contributed by atoms with Crippen LogP contribution in [0.5, 0.6) is 0 Å². The van der Waals surface area contributed by atoms with E-state index in [1.54, 1.807) is 0 Å². The summed E-state index contributed by atoms with van der Waals surface area (Å²) in [4.78, 5) is 4.65. The Balaban J connectivity index is 2.32. The number of imidazole rings is 1. The summed E-state index contributed by atoms with van der Waals surface area (Å²) in [5, 5.41) is 0. The molecule has 0 aliphatic heterocycles. The minimum Gasteiger partial charge on any atom is -0.295 e. The monoisotopic (exact) mass is 334 g/mol. The number of aromatic nitrogens is 2. The SMILES string of the molecule is Cc1cccc2c1nc(CCl)n2-c1ccc(Br)cc1. The van der Waals surface area contributed by atoms with E-state index in [2.05, 4.69) is 56.7 Å². The number of fused-ring (bicyclic) bond motifs is 1. The molecular weight excluding hydrogens is 324 g/mol. The van der Waals surface area contributed by atoms with Crippen molar-refractivity contribution in [3.8, 4) is 5.69 Å². The third-order valence-corrected chi connectivity index (χ3v) is 3.93. The summed E-state index contributed by atoms with van der Waals surface area (Å²) in [6, 6.07) is 14.4. The summed E-state index contributed by atoms with van der Waals surface area (Å²) in [6.07, 6.45) is 0. The zero-order valence-electron chi connectivity index (χ0n) is 10.4. The molecule has 0 fully saturated rings. The van der Waals surface area contributed by atoms with Gasteiger partial charge in [0.2, 0.25) is 0 Å². The largest absolute Gasteiger partial charge is 0.295 e. The van der Waals surface area contributed by atoms with Crippen LogP contribution in [0.25, 0.3) is 16.7 Å². The van der Waals surface area contributed by atoms with Gasteiger partial charge in [0.25, 0.3) is 0 Å². The van der Waals surface area contributed by atoms with Crippen molar-refractivity contribution in [2.24, 2.45) is 0 Å². The van der Waals surface area contributed by atoms with Crippen molar-refractivity contribution < 1.29 is 0 Å². The first-order valence-corrected chi connectivity index (χ1v) is 7.32. The van der Waals surface area contributed by atoms with Crippen molar-refractivity contribution in [3.63, 3.8) is 0 Å². The molecule has 2 nitrogen and oxygen atoms in total. The fourth-order valence-electron chi connectivity index (χ4n) is 2.26. The Hall–Kier alpha value is -1.32. The van der Waals surface area contributed by atoms with Gasteiger partial charge in [-0.1, -0.05) is 28.1 Å². The van der Waals surface area contributed by atoms with Crippen LogP contribution in [0.2, 0.25) is 0 Å². The standard InChI is InChI=1S/C15H12BrClN2/c1-10-3-2-4-13-15(10)18-14(9-17)19(13)12-7-5-11(16)6-8-12/h2-8H,9H2,1H3. The summed E-state index contributed by atoms with van der Waals surface area (Å²) >= 11 is 9.50. The zero-order chi connectivity index (χ0) is 13.4. The number of hydrogen-bond acceptors (Lipinski definition) is 1. The summed E-state index contributed by atoms with van der Waals surface area (Å²) < 4.78 is 3.17. The molecule has 0 unspecified atom stereocenters. The molecule has 0 bridgehead atoms. The van der Waals surface area contributed by atoms with Crippen molar-refractivity contribution in [1.82, 2.24) is 9.55 Å². The minimum atomic E-state index is 0.393. The maximum absolute atomic E-state index is 6.04. The molecule has 0 spiro atoms. The zero-order valence-corrected chi connectivity index (χ0v) is 12.7. The molecule has 0 radical (unpaired) electrons. The fourth-order valence-corrected chi connectivity index (χ4v) is 2.70. The maximum Gasteiger partial charge on any atom is 0.129 e.